The summed E-state index contributed by atoms with van der Waals surface area (Å²) in [4.78, 5) is 26.1. The van der Waals surface area contributed by atoms with Crippen LogP contribution >= 0.6 is 0 Å². The van der Waals surface area contributed by atoms with E-state index in [-0.39, 0.29) is 16.7 Å². The molecule has 1 saturated heterocycles. The van der Waals surface area contributed by atoms with Gasteiger partial charge in [-0.2, -0.15) is 0 Å². The van der Waals surface area contributed by atoms with E-state index in [0.717, 1.165) is 4.57 Å². The van der Waals surface area contributed by atoms with Crippen molar-refractivity contribution in [2.24, 2.45) is 0 Å². The van der Waals surface area contributed by atoms with Gasteiger partial charge >= 0.3 is 5.69 Å². The first-order chi connectivity index (χ1) is 14.2. The van der Waals surface area contributed by atoms with Crippen LogP contribution in [0.4, 0.5) is 4.39 Å². The fourth-order valence-electron chi connectivity index (χ4n) is 3.14. The lowest BCUT2D eigenvalue weighted by atomic mass is 9.98. The molecule has 0 radical (unpaired) electrons. The number of hydrogen-bond donors (Lipinski definition) is 1. The lowest BCUT2D eigenvalue weighted by Crippen LogP contribution is -2.53. The molecule has 4 atom stereocenters. The van der Waals surface area contributed by atoms with E-state index >= 15 is 4.39 Å². The van der Waals surface area contributed by atoms with Gasteiger partial charge in [-0.05, 0) is 43.2 Å². The Morgan fingerprint density at radius 2 is 1.62 bits per heavy atom. The Bertz CT molecular complexity index is 928. The maximum absolute atomic E-state index is 16.4. The Morgan fingerprint density at radius 1 is 1.09 bits per heavy atom. The molecule has 0 spiro atoms. The van der Waals surface area contributed by atoms with Crippen molar-refractivity contribution in [3.8, 4) is 0 Å². The monoisotopic (exact) mass is 488 g/mol. The van der Waals surface area contributed by atoms with Crippen molar-refractivity contribution in [1.29, 1.82) is 0 Å². The number of H-pyrrole nitrogens is 1. The van der Waals surface area contributed by atoms with Gasteiger partial charge in [0.2, 0.25) is 0 Å². The highest BCUT2D eigenvalue weighted by Crippen LogP contribution is 2.47. The average molecular weight is 489 g/mol. The Kier molecular flexibility index (Phi) is 7.31. The molecule has 1 aliphatic heterocycles. The molecular formula is C22H41FN2O5Si2. The summed E-state index contributed by atoms with van der Waals surface area (Å²) >= 11 is 0. The van der Waals surface area contributed by atoms with Gasteiger partial charge in [0.25, 0.3) is 5.56 Å². The minimum absolute atomic E-state index is 0.0182. The van der Waals surface area contributed by atoms with E-state index in [0.29, 0.717) is 0 Å². The number of ether oxygens (including phenoxy) is 1. The molecule has 2 heterocycles. The third-order valence-corrected chi connectivity index (χ3v) is 16.4. The number of halogens is 1. The molecule has 1 aromatic heterocycles. The number of alkyl halides is 1. The smallest absolute Gasteiger partial charge is 0.330 e. The predicted molar refractivity (Wildman–Crippen MR) is 130 cm³/mol. The van der Waals surface area contributed by atoms with E-state index in [9.17, 15) is 9.59 Å². The SMILES string of the molecule is CC1(F)C(O[Si](C)(C)C(C)(C)C)[C@@H](CO[Si](C)(C)C(C)(C)C)O[C@H]1n1ccc(=O)[nH]c1=O. The Hall–Kier alpha value is -1.08. The molecule has 2 rings (SSSR count). The van der Waals surface area contributed by atoms with Crippen molar-refractivity contribution in [2.75, 3.05) is 6.61 Å². The highest BCUT2D eigenvalue weighted by atomic mass is 28.4. The summed E-state index contributed by atoms with van der Waals surface area (Å²) in [6.45, 7) is 22.7. The van der Waals surface area contributed by atoms with Crippen molar-refractivity contribution < 1.29 is 18.0 Å². The zero-order chi connectivity index (χ0) is 24.9. The van der Waals surface area contributed by atoms with Crippen LogP contribution in [-0.2, 0) is 13.6 Å². The molecule has 1 N–H and O–H groups in total. The summed E-state index contributed by atoms with van der Waals surface area (Å²) in [5.74, 6) is 0. The lowest BCUT2D eigenvalue weighted by Gasteiger charge is -2.42. The van der Waals surface area contributed by atoms with E-state index in [1.54, 1.807) is 0 Å². The van der Waals surface area contributed by atoms with E-state index in [1.807, 2.05) is 0 Å². The summed E-state index contributed by atoms with van der Waals surface area (Å²) in [7, 11) is -4.50. The van der Waals surface area contributed by atoms with Crippen LogP contribution in [0.5, 0.6) is 0 Å². The number of aromatic amines is 1. The van der Waals surface area contributed by atoms with Crippen LogP contribution in [0.2, 0.25) is 36.3 Å². The number of aromatic nitrogens is 2. The summed E-state index contributed by atoms with van der Waals surface area (Å²) in [5.41, 5.74) is -3.28. The lowest BCUT2D eigenvalue weighted by molar-refractivity contribution is -0.0597. The molecule has 1 aliphatic rings. The molecule has 0 bridgehead atoms. The normalized spacial score (nSPS) is 27.7. The predicted octanol–water partition coefficient (Wildman–Crippen LogP) is 4.57. The second kappa shape index (κ2) is 8.61. The van der Waals surface area contributed by atoms with Crippen molar-refractivity contribution in [2.45, 2.75) is 109 Å². The zero-order valence-electron chi connectivity index (χ0n) is 21.5. The standard InChI is InChI=1S/C22H41FN2O5Si2/c1-20(2,3)31(8,9)28-14-15-17(30-32(10,11)21(4,5)6)22(7,23)18(29-15)25-13-12-16(26)24-19(25)27/h12-13,15,17-18H,14H2,1-11H3,(H,24,26,27)/t15-,17?,18-,22?/m1/s1. The van der Waals surface area contributed by atoms with Gasteiger partial charge in [-0.15, -0.1) is 0 Å². The molecule has 1 aromatic rings. The van der Waals surface area contributed by atoms with Crippen LogP contribution in [0.1, 0.15) is 54.7 Å². The van der Waals surface area contributed by atoms with E-state index < -0.39 is 52.0 Å². The Balaban J connectivity index is 2.46. The quantitative estimate of drug-likeness (QED) is 0.593. The van der Waals surface area contributed by atoms with Crippen molar-refractivity contribution in [3.05, 3.63) is 33.1 Å². The van der Waals surface area contributed by atoms with E-state index in [4.69, 9.17) is 13.6 Å². The highest BCUT2D eigenvalue weighted by molar-refractivity contribution is 6.74. The van der Waals surface area contributed by atoms with E-state index in [2.05, 4.69) is 72.7 Å². The molecule has 0 saturated carbocycles. The Morgan fingerprint density at radius 3 is 2.09 bits per heavy atom. The van der Waals surface area contributed by atoms with Crippen LogP contribution < -0.4 is 11.2 Å². The van der Waals surface area contributed by atoms with Gasteiger partial charge in [0.05, 0.1) is 6.61 Å². The highest BCUT2D eigenvalue weighted by Gasteiger charge is 2.59. The summed E-state index contributed by atoms with van der Waals surface area (Å²) in [6.07, 6.45) is -1.59. The Labute approximate surface area is 192 Å². The third-order valence-electron chi connectivity index (χ3n) is 7.43. The molecule has 0 aromatic carbocycles. The maximum Gasteiger partial charge on any atom is 0.330 e. The second-order valence-electron chi connectivity index (χ2n) is 12.1. The van der Waals surface area contributed by atoms with Crippen LogP contribution in [0.25, 0.3) is 0 Å². The fraction of sp³-hybridized carbons (Fsp3) is 0.818. The van der Waals surface area contributed by atoms with Gasteiger partial charge in [0, 0.05) is 12.3 Å². The summed E-state index contributed by atoms with van der Waals surface area (Å²) in [6, 6.07) is 1.18. The van der Waals surface area contributed by atoms with Gasteiger partial charge in [0.15, 0.2) is 28.5 Å². The molecular weight excluding hydrogens is 447 g/mol. The second-order valence-corrected chi connectivity index (χ2v) is 21.6. The first-order valence-electron chi connectivity index (χ1n) is 11.2. The minimum Gasteiger partial charge on any atom is -0.414 e. The number of nitrogens with zero attached hydrogens (tertiary/aromatic N) is 1. The first kappa shape index (κ1) is 27.2. The molecule has 10 heteroatoms. The van der Waals surface area contributed by atoms with Gasteiger partial charge in [-0.1, -0.05) is 41.5 Å². The molecule has 2 unspecified atom stereocenters. The van der Waals surface area contributed by atoms with Gasteiger partial charge in [-0.25, -0.2) is 9.18 Å². The molecule has 0 aliphatic carbocycles. The molecule has 0 amide bonds. The van der Waals surface area contributed by atoms with E-state index in [1.165, 1.54) is 19.2 Å². The molecule has 184 valence electrons. The molecule has 1 fully saturated rings. The van der Waals surface area contributed by atoms with Crippen LogP contribution in [0.15, 0.2) is 21.9 Å². The van der Waals surface area contributed by atoms with Crippen LogP contribution in [0, 0.1) is 0 Å². The number of nitrogens with one attached hydrogen (secondary N) is 1. The maximum atomic E-state index is 16.4. The van der Waals surface area contributed by atoms with Crippen molar-refractivity contribution in [1.82, 2.24) is 9.55 Å². The molecule has 7 nitrogen and oxygen atoms in total. The van der Waals surface area contributed by atoms with Gasteiger partial charge < -0.3 is 13.6 Å². The molecule has 32 heavy (non-hydrogen) atoms. The number of hydrogen-bond acceptors (Lipinski definition) is 5. The van der Waals surface area contributed by atoms with Gasteiger partial charge in [-0.3, -0.25) is 14.3 Å². The largest absolute Gasteiger partial charge is 0.414 e. The van der Waals surface area contributed by atoms with Crippen LogP contribution in [-0.4, -0.2) is 50.7 Å². The third kappa shape index (κ3) is 5.35. The number of rotatable bonds is 6. The summed E-state index contributed by atoms with van der Waals surface area (Å²) < 4.78 is 36.5. The van der Waals surface area contributed by atoms with Crippen molar-refractivity contribution in [3.63, 3.8) is 0 Å². The zero-order valence-corrected chi connectivity index (χ0v) is 23.5. The topological polar surface area (TPSA) is 82.6 Å². The first-order valence-corrected chi connectivity index (χ1v) is 17.0. The van der Waals surface area contributed by atoms with Crippen molar-refractivity contribution >= 4 is 16.6 Å². The fourth-order valence-corrected chi connectivity index (χ4v) is 5.53. The average Bonchev–Trinajstić information content (AvgIpc) is 2.82. The minimum atomic E-state index is -2.37. The van der Waals surface area contributed by atoms with Gasteiger partial charge in [0.1, 0.15) is 12.2 Å². The van der Waals surface area contributed by atoms with Crippen LogP contribution in [0.3, 0.4) is 0 Å². The summed E-state index contributed by atoms with van der Waals surface area (Å²) in [5, 5.41) is -0.156.